The Morgan fingerprint density at radius 3 is 2.55 bits per heavy atom. The Morgan fingerprint density at radius 1 is 1.35 bits per heavy atom. The lowest BCUT2D eigenvalue weighted by Crippen LogP contribution is -2.39. The van der Waals surface area contributed by atoms with Gasteiger partial charge < -0.3 is 10.4 Å². The number of halogens is 1. The number of anilines is 1. The van der Waals surface area contributed by atoms with Crippen LogP contribution >= 0.6 is 11.6 Å². The molecular formula is C14H19ClN2O3. The predicted octanol–water partition coefficient (Wildman–Crippen LogP) is 2.46. The Morgan fingerprint density at radius 2 is 2.00 bits per heavy atom. The Hall–Kier alpha value is -1.59. The lowest BCUT2D eigenvalue weighted by molar-refractivity contribution is -0.137. The van der Waals surface area contributed by atoms with Crippen LogP contribution in [0.4, 0.5) is 5.69 Å². The van der Waals surface area contributed by atoms with E-state index in [-0.39, 0.29) is 24.9 Å². The second-order valence-corrected chi connectivity index (χ2v) is 5.14. The predicted molar refractivity (Wildman–Crippen MR) is 79.0 cm³/mol. The standard InChI is InChI=1S/C14H19ClN2O3/c1-10(2)17(8-7-14(19)20)9-13(18)16-12-6-4-3-5-11(12)15/h3-6,10H,7-9H2,1-2H3,(H,16,18)(H,19,20). The molecule has 2 N–H and O–H groups in total. The third-order valence-corrected chi connectivity index (χ3v) is 3.17. The molecule has 1 aromatic rings. The fraction of sp³-hybridized carbons (Fsp3) is 0.429. The minimum Gasteiger partial charge on any atom is -0.481 e. The highest BCUT2D eigenvalue weighted by atomic mass is 35.5. The van der Waals surface area contributed by atoms with Gasteiger partial charge in [0.2, 0.25) is 5.91 Å². The van der Waals surface area contributed by atoms with Gasteiger partial charge in [0.05, 0.1) is 23.7 Å². The van der Waals surface area contributed by atoms with E-state index in [2.05, 4.69) is 5.32 Å². The lowest BCUT2D eigenvalue weighted by Gasteiger charge is -2.25. The number of hydrogen-bond acceptors (Lipinski definition) is 3. The summed E-state index contributed by atoms with van der Waals surface area (Å²) in [7, 11) is 0. The second-order valence-electron chi connectivity index (χ2n) is 4.74. The summed E-state index contributed by atoms with van der Waals surface area (Å²) < 4.78 is 0. The van der Waals surface area contributed by atoms with Crippen molar-refractivity contribution in [2.75, 3.05) is 18.4 Å². The first-order valence-corrected chi connectivity index (χ1v) is 6.78. The smallest absolute Gasteiger partial charge is 0.304 e. The van der Waals surface area contributed by atoms with Crippen molar-refractivity contribution < 1.29 is 14.7 Å². The average Bonchev–Trinajstić information content (AvgIpc) is 2.36. The van der Waals surface area contributed by atoms with E-state index in [4.69, 9.17) is 16.7 Å². The van der Waals surface area contributed by atoms with Crippen LogP contribution in [0.1, 0.15) is 20.3 Å². The summed E-state index contributed by atoms with van der Waals surface area (Å²) in [6, 6.07) is 7.07. The SMILES string of the molecule is CC(C)N(CCC(=O)O)CC(=O)Nc1ccccc1Cl. The zero-order valence-corrected chi connectivity index (χ0v) is 12.4. The van der Waals surface area contributed by atoms with Gasteiger partial charge in [-0.15, -0.1) is 0 Å². The monoisotopic (exact) mass is 298 g/mol. The number of rotatable bonds is 7. The van der Waals surface area contributed by atoms with E-state index in [9.17, 15) is 9.59 Å². The molecule has 1 rings (SSSR count). The van der Waals surface area contributed by atoms with E-state index in [1.807, 2.05) is 13.8 Å². The van der Waals surface area contributed by atoms with E-state index < -0.39 is 5.97 Å². The first kappa shape index (κ1) is 16.5. The largest absolute Gasteiger partial charge is 0.481 e. The number of hydrogen-bond donors (Lipinski definition) is 2. The Kier molecular flexibility index (Phi) is 6.48. The molecule has 0 atom stereocenters. The molecule has 110 valence electrons. The van der Waals surface area contributed by atoms with Crippen molar-refractivity contribution in [2.45, 2.75) is 26.3 Å². The zero-order valence-electron chi connectivity index (χ0n) is 11.6. The summed E-state index contributed by atoms with van der Waals surface area (Å²) in [6.07, 6.45) is 0.0115. The lowest BCUT2D eigenvalue weighted by atomic mass is 10.2. The van der Waals surface area contributed by atoms with Crippen molar-refractivity contribution in [1.82, 2.24) is 4.90 Å². The number of nitrogens with zero attached hydrogens (tertiary/aromatic N) is 1. The van der Waals surface area contributed by atoms with E-state index >= 15 is 0 Å². The zero-order chi connectivity index (χ0) is 15.1. The quantitative estimate of drug-likeness (QED) is 0.811. The molecule has 1 amide bonds. The number of carboxylic acids is 1. The van der Waals surface area contributed by atoms with Crippen LogP contribution in [0.15, 0.2) is 24.3 Å². The first-order valence-electron chi connectivity index (χ1n) is 6.40. The van der Waals surface area contributed by atoms with Gasteiger partial charge in [-0.1, -0.05) is 23.7 Å². The molecule has 0 fully saturated rings. The van der Waals surface area contributed by atoms with Crippen molar-refractivity contribution in [3.8, 4) is 0 Å². The van der Waals surface area contributed by atoms with Crippen molar-refractivity contribution >= 4 is 29.2 Å². The van der Waals surface area contributed by atoms with E-state index in [0.717, 1.165) is 0 Å². The minimum absolute atomic E-state index is 0.0115. The van der Waals surface area contributed by atoms with Crippen molar-refractivity contribution in [2.24, 2.45) is 0 Å². The second kappa shape index (κ2) is 7.87. The van der Waals surface area contributed by atoms with E-state index in [1.54, 1.807) is 29.2 Å². The molecule has 0 saturated heterocycles. The van der Waals surface area contributed by atoms with Crippen LogP contribution in [0.2, 0.25) is 5.02 Å². The Balaban J connectivity index is 2.58. The molecule has 0 radical (unpaired) electrons. The number of carbonyl (C=O) groups is 2. The van der Waals surface area contributed by atoms with Crippen LogP contribution in [0, 0.1) is 0 Å². The van der Waals surface area contributed by atoms with Crippen LogP contribution in [0.3, 0.4) is 0 Å². The molecule has 0 aliphatic carbocycles. The van der Waals surface area contributed by atoms with E-state index in [1.165, 1.54) is 0 Å². The Bertz CT molecular complexity index is 477. The maximum absolute atomic E-state index is 12.0. The molecule has 0 aromatic heterocycles. The van der Waals surface area contributed by atoms with Gasteiger partial charge in [-0.3, -0.25) is 14.5 Å². The molecule has 6 heteroatoms. The first-order chi connectivity index (χ1) is 9.40. The van der Waals surface area contributed by atoms with Gasteiger partial charge in [0.1, 0.15) is 0 Å². The minimum atomic E-state index is -0.873. The van der Waals surface area contributed by atoms with Crippen LogP contribution in [0.25, 0.3) is 0 Å². The van der Waals surface area contributed by atoms with Crippen LogP contribution in [-0.2, 0) is 9.59 Å². The fourth-order valence-corrected chi connectivity index (χ4v) is 1.88. The molecule has 0 saturated carbocycles. The summed E-state index contributed by atoms with van der Waals surface area (Å²) >= 11 is 5.96. The highest BCUT2D eigenvalue weighted by molar-refractivity contribution is 6.33. The van der Waals surface area contributed by atoms with Crippen LogP contribution < -0.4 is 5.32 Å². The third-order valence-electron chi connectivity index (χ3n) is 2.84. The molecule has 0 heterocycles. The van der Waals surface area contributed by atoms with Crippen molar-refractivity contribution in [3.05, 3.63) is 29.3 Å². The number of aliphatic carboxylic acids is 1. The van der Waals surface area contributed by atoms with E-state index in [0.29, 0.717) is 17.3 Å². The normalized spacial score (nSPS) is 10.8. The van der Waals surface area contributed by atoms with Gasteiger partial charge >= 0.3 is 5.97 Å². The number of carbonyl (C=O) groups excluding carboxylic acids is 1. The molecule has 0 aliphatic heterocycles. The summed E-state index contributed by atoms with van der Waals surface area (Å²) in [5.41, 5.74) is 0.557. The van der Waals surface area contributed by atoms with Gasteiger partial charge in [0, 0.05) is 12.6 Å². The highest BCUT2D eigenvalue weighted by Gasteiger charge is 2.15. The van der Waals surface area contributed by atoms with Gasteiger partial charge in [0.15, 0.2) is 0 Å². The van der Waals surface area contributed by atoms with Crippen molar-refractivity contribution in [1.29, 1.82) is 0 Å². The molecule has 20 heavy (non-hydrogen) atoms. The third kappa shape index (κ3) is 5.59. The number of carboxylic acid groups (broad SMARTS) is 1. The summed E-state index contributed by atoms with van der Waals surface area (Å²) in [4.78, 5) is 24.4. The molecule has 5 nitrogen and oxygen atoms in total. The molecule has 1 aromatic carbocycles. The molecular weight excluding hydrogens is 280 g/mol. The average molecular weight is 299 g/mol. The van der Waals surface area contributed by atoms with Gasteiger partial charge in [-0.25, -0.2) is 0 Å². The fourth-order valence-electron chi connectivity index (χ4n) is 1.70. The number of benzene rings is 1. The van der Waals surface area contributed by atoms with Gasteiger partial charge in [-0.05, 0) is 26.0 Å². The van der Waals surface area contributed by atoms with Crippen molar-refractivity contribution in [3.63, 3.8) is 0 Å². The topological polar surface area (TPSA) is 69.6 Å². The van der Waals surface area contributed by atoms with Crippen LogP contribution in [0.5, 0.6) is 0 Å². The maximum Gasteiger partial charge on any atom is 0.304 e. The molecule has 0 aliphatic rings. The highest BCUT2D eigenvalue weighted by Crippen LogP contribution is 2.20. The number of amides is 1. The summed E-state index contributed by atoms with van der Waals surface area (Å²) in [5.74, 6) is -1.08. The summed E-state index contributed by atoms with van der Waals surface area (Å²) in [5, 5.41) is 11.9. The summed E-state index contributed by atoms with van der Waals surface area (Å²) in [6.45, 7) is 4.31. The molecule has 0 bridgehead atoms. The van der Waals surface area contributed by atoms with Gasteiger partial charge in [-0.2, -0.15) is 0 Å². The van der Waals surface area contributed by atoms with Crippen LogP contribution in [-0.4, -0.2) is 41.0 Å². The number of para-hydroxylation sites is 1. The Labute approximate surface area is 123 Å². The maximum atomic E-state index is 12.0. The van der Waals surface area contributed by atoms with Gasteiger partial charge in [0.25, 0.3) is 0 Å². The molecule has 0 spiro atoms. The number of nitrogens with one attached hydrogen (secondary N) is 1. The molecule has 0 unspecified atom stereocenters.